The molecule has 0 atom stereocenters. The molecule has 1 aliphatic rings. The minimum Gasteiger partial charge on any atom is -0.355 e. The second-order valence-corrected chi connectivity index (χ2v) is 5.54. The molecule has 9 heteroatoms. The maximum absolute atomic E-state index is 12.0. The smallest absolute Gasteiger partial charge is 0.224 e. The van der Waals surface area contributed by atoms with Crippen molar-refractivity contribution in [1.29, 1.82) is 0 Å². The van der Waals surface area contributed by atoms with Crippen molar-refractivity contribution < 1.29 is 4.79 Å². The molecule has 1 aliphatic heterocycles. The Labute approximate surface area is 147 Å². The zero-order chi connectivity index (χ0) is 15.9. The van der Waals surface area contributed by atoms with Crippen molar-refractivity contribution in [2.75, 3.05) is 39.3 Å². The topological polar surface area (TPSA) is 88.0 Å². The highest BCUT2D eigenvalue weighted by molar-refractivity contribution is 5.85. The number of piperazine rings is 1. The van der Waals surface area contributed by atoms with Gasteiger partial charge in [0.05, 0.1) is 12.1 Å². The zero-order valence-electron chi connectivity index (χ0n) is 13.4. The number of benzene rings is 1. The summed E-state index contributed by atoms with van der Waals surface area (Å²) in [6, 6.07) is 7.65. The molecule has 0 saturated carbocycles. The molecule has 0 unspecified atom stereocenters. The van der Waals surface area contributed by atoms with E-state index >= 15 is 0 Å². The van der Waals surface area contributed by atoms with Gasteiger partial charge in [0.1, 0.15) is 6.33 Å². The Morgan fingerprint density at radius 1 is 1.21 bits per heavy atom. The molecule has 8 nitrogen and oxygen atoms in total. The van der Waals surface area contributed by atoms with Gasteiger partial charge in [-0.1, -0.05) is 12.1 Å². The monoisotopic (exact) mass is 351 g/mol. The van der Waals surface area contributed by atoms with Crippen LogP contribution in [0.2, 0.25) is 0 Å². The van der Waals surface area contributed by atoms with Crippen LogP contribution in [0.4, 0.5) is 0 Å². The van der Waals surface area contributed by atoms with Crippen molar-refractivity contribution in [3.05, 3.63) is 36.2 Å². The number of aromatic nitrogens is 4. The fourth-order valence-corrected chi connectivity index (χ4v) is 2.58. The highest BCUT2D eigenvalue weighted by Crippen LogP contribution is 2.08. The predicted molar refractivity (Wildman–Crippen MR) is 92.4 cm³/mol. The number of carbonyl (C=O) groups is 1. The third-order valence-corrected chi connectivity index (χ3v) is 3.87. The van der Waals surface area contributed by atoms with Gasteiger partial charge < -0.3 is 10.6 Å². The molecule has 0 aliphatic carbocycles. The summed E-state index contributed by atoms with van der Waals surface area (Å²) < 4.78 is 1.58. The van der Waals surface area contributed by atoms with Crippen molar-refractivity contribution in [2.45, 2.75) is 6.42 Å². The minimum absolute atomic E-state index is 0. The number of nitrogens with one attached hydrogen (secondary N) is 2. The first-order valence-electron chi connectivity index (χ1n) is 7.83. The molecule has 1 fully saturated rings. The Bertz CT molecular complexity index is 611. The molecule has 24 heavy (non-hydrogen) atoms. The van der Waals surface area contributed by atoms with Gasteiger partial charge >= 0.3 is 0 Å². The second kappa shape index (κ2) is 9.31. The number of halogens is 1. The van der Waals surface area contributed by atoms with Gasteiger partial charge in [-0.05, 0) is 28.1 Å². The molecule has 130 valence electrons. The van der Waals surface area contributed by atoms with Crippen LogP contribution >= 0.6 is 12.4 Å². The lowest BCUT2D eigenvalue weighted by molar-refractivity contribution is -0.120. The summed E-state index contributed by atoms with van der Waals surface area (Å²) in [7, 11) is 0. The first kappa shape index (κ1) is 18.3. The van der Waals surface area contributed by atoms with Crippen LogP contribution in [0.15, 0.2) is 30.6 Å². The Balaban J connectivity index is 0.00000208. The van der Waals surface area contributed by atoms with Crippen LogP contribution in [-0.2, 0) is 11.2 Å². The Kier molecular flexibility index (Phi) is 7.10. The summed E-state index contributed by atoms with van der Waals surface area (Å²) in [5, 5.41) is 17.3. The van der Waals surface area contributed by atoms with Gasteiger partial charge in [0, 0.05) is 39.3 Å². The number of carbonyl (C=O) groups excluding carboxylic acids is 1. The molecule has 0 radical (unpaired) electrons. The van der Waals surface area contributed by atoms with Crippen LogP contribution in [0.3, 0.4) is 0 Å². The number of rotatable bonds is 6. The summed E-state index contributed by atoms with van der Waals surface area (Å²) in [5.74, 6) is 0.0512. The predicted octanol–water partition coefficient (Wildman–Crippen LogP) is -0.352. The second-order valence-electron chi connectivity index (χ2n) is 5.54. The van der Waals surface area contributed by atoms with E-state index in [1.54, 1.807) is 4.68 Å². The van der Waals surface area contributed by atoms with Crippen molar-refractivity contribution >= 4 is 18.3 Å². The zero-order valence-corrected chi connectivity index (χ0v) is 14.2. The lowest BCUT2D eigenvalue weighted by Gasteiger charge is -2.27. The molecule has 2 N–H and O–H groups in total. The van der Waals surface area contributed by atoms with E-state index in [4.69, 9.17) is 0 Å². The Morgan fingerprint density at radius 3 is 2.62 bits per heavy atom. The number of hydrogen-bond acceptors (Lipinski definition) is 6. The van der Waals surface area contributed by atoms with Crippen LogP contribution in [0.25, 0.3) is 5.69 Å². The van der Waals surface area contributed by atoms with E-state index in [1.165, 1.54) is 6.33 Å². The summed E-state index contributed by atoms with van der Waals surface area (Å²) in [4.78, 5) is 14.3. The third-order valence-electron chi connectivity index (χ3n) is 3.87. The molecule has 2 aromatic rings. The lowest BCUT2D eigenvalue weighted by Crippen LogP contribution is -2.46. The van der Waals surface area contributed by atoms with Gasteiger partial charge in [-0.2, -0.15) is 0 Å². The third kappa shape index (κ3) is 5.26. The summed E-state index contributed by atoms with van der Waals surface area (Å²) in [6.07, 6.45) is 1.93. The van der Waals surface area contributed by atoms with Gasteiger partial charge in [0.15, 0.2) is 0 Å². The molecule has 2 heterocycles. The van der Waals surface area contributed by atoms with Crippen LogP contribution in [0, 0.1) is 0 Å². The highest BCUT2D eigenvalue weighted by atomic mass is 35.5. The molecule has 1 aromatic heterocycles. The van der Waals surface area contributed by atoms with Crippen LogP contribution in [-0.4, -0.2) is 70.3 Å². The van der Waals surface area contributed by atoms with Crippen molar-refractivity contribution in [1.82, 2.24) is 35.7 Å². The molecule has 1 amide bonds. The number of nitrogens with zero attached hydrogens (tertiary/aromatic N) is 5. The molecule has 1 saturated heterocycles. The van der Waals surface area contributed by atoms with Crippen LogP contribution in [0.1, 0.15) is 5.56 Å². The van der Waals surface area contributed by atoms with Gasteiger partial charge in [-0.15, -0.1) is 17.5 Å². The molecular weight excluding hydrogens is 330 g/mol. The van der Waals surface area contributed by atoms with Gasteiger partial charge in [0.25, 0.3) is 0 Å². The summed E-state index contributed by atoms with van der Waals surface area (Å²) in [6.45, 7) is 5.76. The van der Waals surface area contributed by atoms with Gasteiger partial charge in [-0.3, -0.25) is 9.69 Å². The normalized spacial score (nSPS) is 14.8. The fourth-order valence-electron chi connectivity index (χ4n) is 2.58. The SMILES string of the molecule is Cl.O=C(Cc1ccc(-n2cnnn2)cc1)NCCN1CCNCC1. The van der Waals surface area contributed by atoms with Crippen LogP contribution < -0.4 is 10.6 Å². The molecule has 1 aromatic carbocycles. The average molecular weight is 352 g/mol. The fraction of sp³-hybridized carbons (Fsp3) is 0.467. The van der Waals surface area contributed by atoms with E-state index in [9.17, 15) is 4.79 Å². The van der Waals surface area contributed by atoms with E-state index in [0.29, 0.717) is 13.0 Å². The first-order chi connectivity index (χ1) is 11.3. The quantitative estimate of drug-likeness (QED) is 0.739. The first-order valence-corrected chi connectivity index (χ1v) is 7.83. The molecular formula is C15H22ClN7O. The van der Waals surface area contributed by atoms with E-state index in [1.807, 2.05) is 24.3 Å². The van der Waals surface area contributed by atoms with E-state index in [0.717, 1.165) is 44.0 Å². The standard InChI is InChI=1S/C15H21N7O.ClH/c23-15(17-7-10-21-8-5-16-6-9-21)11-13-1-3-14(4-2-13)22-12-18-19-20-22;/h1-4,12,16H,5-11H2,(H,17,23);1H. The maximum Gasteiger partial charge on any atom is 0.224 e. The number of hydrogen-bond donors (Lipinski definition) is 2. The summed E-state index contributed by atoms with van der Waals surface area (Å²) >= 11 is 0. The number of tetrazole rings is 1. The van der Waals surface area contributed by atoms with Crippen LogP contribution in [0.5, 0.6) is 0 Å². The lowest BCUT2D eigenvalue weighted by atomic mass is 10.1. The highest BCUT2D eigenvalue weighted by Gasteiger charge is 2.09. The Morgan fingerprint density at radius 2 is 1.96 bits per heavy atom. The van der Waals surface area contributed by atoms with Crippen molar-refractivity contribution in [3.63, 3.8) is 0 Å². The largest absolute Gasteiger partial charge is 0.355 e. The van der Waals surface area contributed by atoms with Gasteiger partial charge in [-0.25, -0.2) is 4.68 Å². The molecule has 3 rings (SSSR count). The van der Waals surface area contributed by atoms with E-state index in [2.05, 4.69) is 31.1 Å². The van der Waals surface area contributed by atoms with E-state index < -0.39 is 0 Å². The summed E-state index contributed by atoms with van der Waals surface area (Å²) in [5.41, 5.74) is 1.85. The molecule has 0 spiro atoms. The molecule has 0 bridgehead atoms. The van der Waals surface area contributed by atoms with Crippen molar-refractivity contribution in [3.8, 4) is 5.69 Å². The van der Waals surface area contributed by atoms with Crippen molar-refractivity contribution in [2.24, 2.45) is 0 Å². The average Bonchev–Trinajstić information content (AvgIpc) is 3.11. The van der Waals surface area contributed by atoms with E-state index in [-0.39, 0.29) is 18.3 Å². The number of amides is 1. The maximum atomic E-state index is 12.0. The van der Waals surface area contributed by atoms with Gasteiger partial charge in [0.2, 0.25) is 5.91 Å². The minimum atomic E-state index is 0. The Hall–Kier alpha value is -2.03.